The van der Waals surface area contributed by atoms with Crippen molar-refractivity contribution in [2.24, 2.45) is 0 Å². The zero-order valence-corrected chi connectivity index (χ0v) is 16.0. The number of hydrogen-bond donors (Lipinski definition) is 0. The van der Waals surface area contributed by atoms with Crippen LogP contribution in [0.4, 0.5) is 0 Å². The predicted octanol–water partition coefficient (Wildman–Crippen LogP) is 5.82. The summed E-state index contributed by atoms with van der Waals surface area (Å²) in [4.78, 5) is 0. The van der Waals surface area contributed by atoms with Crippen LogP contribution < -0.4 is 4.46 Å². The average molecular weight is 418 g/mol. The van der Waals surface area contributed by atoms with Crippen LogP contribution in [0.25, 0.3) is 21.9 Å². The van der Waals surface area contributed by atoms with E-state index in [2.05, 4.69) is 83.5 Å². The quantitative estimate of drug-likeness (QED) is 0.362. The fraction of sp³-hybridized carbons (Fsp3) is 0.200. The third-order valence-corrected chi connectivity index (χ3v) is 7.71. The molecule has 22 heavy (non-hydrogen) atoms. The van der Waals surface area contributed by atoms with Gasteiger partial charge in [0.2, 0.25) is 0 Å². The molecule has 0 saturated carbocycles. The van der Waals surface area contributed by atoms with Crippen LogP contribution >= 0.6 is 15.9 Å². The molecular formula is C20H19BrSe. The molecule has 3 aromatic rings. The second kappa shape index (κ2) is 7.46. The first-order valence-electron chi connectivity index (χ1n) is 7.70. The monoisotopic (exact) mass is 418 g/mol. The van der Waals surface area contributed by atoms with Crippen molar-refractivity contribution < 1.29 is 0 Å². The van der Waals surface area contributed by atoms with Gasteiger partial charge < -0.3 is 0 Å². The summed E-state index contributed by atoms with van der Waals surface area (Å²) in [6.07, 6.45) is 2.58. The molecule has 0 aliphatic carbocycles. The summed E-state index contributed by atoms with van der Waals surface area (Å²) in [5.41, 5.74) is 2.71. The summed E-state index contributed by atoms with van der Waals surface area (Å²) in [5, 5.41) is 3.94. The molecule has 0 amide bonds. The molecule has 2 heteroatoms. The van der Waals surface area contributed by atoms with Crippen molar-refractivity contribution in [2.75, 3.05) is 0 Å². The molecule has 0 N–H and O–H groups in total. The van der Waals surface area contributed by atoms with Crippen LogP contribution in [0.1, 0.15) is 19.8 Å². The Hall–Kier alpha value is -1.08. The van der Waals surface area contributed by atoms with Crippen LogP contribution in [-0.2, 0) is 0 Å². The van der Waals surface area contributed by atoms with E-state index in [-0.39, 0.29) is 0 Å². The van der Waals surface area contributed by atoms with Gasteiger partial charge >= 0.3 is 147 Å². The number of hydrogen-bond acceptors (Lipinski definition) is 0. The van der Waals surface area contributed by atoms with Gasteiger partial charge in [0.1, 0.15) is 0 Å². The second-order valence-corrected chi connectivity index (χ2v) is 8.47. The SMILES string of the molecule is CCCC[Se]c1c(-c2ccccc2)cc2ccccc2c1Br. The topological polar surface area (TPSA) is 0 Å². The van der Waals surface area contributed by atoms with Crippen LogP contribution in [0.5, 0.6) is 0 Å². The Balaban J connectivity index is 2.17. The normalized spacial score (nSPS) is 11.0. The molecule has 112 valence electrons. The Bertz CT molecular complexity index is 765. The van der Waals surface area contributed by atoms with Gasteiger partial charge in [0, 0.05) is 0 Å². The van der Waals surface area contributed by atoms with Gasteiger partial charge in [0.25, 0.3) is 0 Å². The maximum absolute atomic E-state index is 3.90. The third kappa shape index (κ3) is 3.30. The molecule has 0 nitrogen and oxygen atoms in total. The fourth-order valence-corrected chi connectivity index (χ4v) is 6.28. The van der Waals surface area contributed by atoms with Crippen molar-refractivity contribution in [1.82, 2.24) is 0 Å². The molecule has 3 aromatic carbocycles. The molecule has 0 aliphatic heterocycles. The first-order chi connectivity index (χ1) is 10.8. The molecular weight excluding hydrogens is 399 g/mol. The Morgan fingerprint density at radius 1 is 0.955 bits per heavy atom. The van der Waals surface area contributed by atoms with Crippen LogP contribution in [-0.4, -0.2) is 15.0 Å². The van der Waals surface area contributed by atoms with Crippen LogP contribution in [0.15, 0.2) is 65.1 Å². The minimum atomic E-state index is 0.504. The molecule has 3 rings (SSSR count). The van der Waals surface area contributed by atoms with E-state index in [1.807, 2.05) is 0 Å². The van der Waals surface area contributed by atoms with Gasteiger partial charge in [0.15, 0.2) is 0 Å². The van der Waals surface area contributed by atoms with Crippen LogP contribution in [0, 0.1) is 0 Å². The number of benzene rings is 3. The summed E-state index contributed by atoms with van der Waals surface area (Å²) >= 11 is 4.40. The average Bonchev–Trinajstić information content (AvgIpc) is 2.57. The Kier molecular flexibility index (Phi) is 5.36. The van der Waals surface area contributed by atoms with Crippen molar-refractivity contribution in [2.45, 2.75) is 25.1 Å². The van der Waals surface area contributed by atoms with E-state index in [1.165, 1.54) is 49.0 Å². The summed E-state index contributed by atoms with van der Waals surface area (Å²) < 4.78 is 2.80. The van der Waals surface area contributed by atoms with Crippen molar-refractivity contribution >= 4 is 46.1 Å². The molecule has 0 heterocycles. The number of unbranched alkanes of at least 4 members (excludes halogenated alkanes) is 1. The number of halogens is 1. The minimum absolute atomic E-state index is 0.504. The molecule has 0 aromatic heterocycles. The summed E-state index contributed by atoms with van der Waals surface area (Å²) in [7, 11) is 0. The molecule has 0 unspecified atom stereocenters. The fourth-order valence-electron chi connectivity index (χ4n) is 2.58. The third-order valence-electron chi connectivity index (χ3n) is 3.77. The zero-order chi connectivity index (χ0) is 15.4. The van der Waals surface area contributed by atoms with Crippen molar-refractivity contribution in [3.8, 4) is 11.1 Å². The Morgan fingerprint density at radius 3 is 2.45 bits per heavy atom. The number of rotatable bonds is 5. The molecule has 0 spiro atoms. The first-order valence-corrected chi connectivity index (χ1v) is 10.6. The standard InChI is InChI=1S/C20H19BrSe/c1-2-3-13-22-20-18(15-9-5-4-6-10-15)14-16-11-7-8-12-17(16)19(20)21/h4-12,14H,2-3,13H2,1H3. The van der Waals surface area contributed by atoms with Crippen LogP contribution in [0.2, 0.25) is 5.32 Å². The van der Waals surface area contributed by atoms with Crippen LogP contribution in [0.3, 0.4) is 0 Å². The van der Waals surface area contributed by atoms with E-state index in [0.29, 0.717) is 15.0 Å². The van der Waals surface area contributed by atoms with E-state index in [9.17, 15) is 0 Å². The van der Waals surface area contributed by atoms with E-state index in [0.717, 1.165) is 0 Å². The molecule has 0 radical (unpaired) electrons. The van der Waals surface area contributed by atoms with Gasteiger partial charge in [-0.05, 0) is 0 Å². The number of fused-ring (bicyclic) bond motifs is 1. The van der Waals surface area contributed by atoms with Gasteiger partial charge in [0.05, 0.1) is 0 Å². The second-order valence-electron chi connectivity index (χ2n) is 5.36. The molecule has 0 fully saturated rings. The zero-order valence-electron chi connectivity index (χ0n) is 12.7. The van der Waals surface area contributed by atoms with Gasteiger partial charge in [-0.3, -0.25) is 0 Å². The summed E-state index contributed by atoms with van der Waals surface area (Å²) in [5.74, 6) is 0. The van der Waals surface area contributed by atoms with E-state index >= 15 is 0 Å². The Labute approximate surface area is 147 Å². The molecule has 0 aliphatic rings. The van der Waals surface area contributed by atoms with Gasteiger partial charge in [-0.2, -0.15) is 0 Å². The molecule has 0 atom stereocenters. The van der Waals surface area contributed by atoms with Gasteiger partial charge in [-0.15, -0.1) is 0 Å². The summed E-state index contributed by atoms with van der Waals surface area (Å²) in [6, 6.07) is 21.8. The maximum atomic E-state index is 3.90. The van der Waals surface area contributed by atoms with Crippen molar-refractivity contribution in [1.29, 1.82) is 0 Å². The molecule has 0 saturated heterocycles. The van der Waals surface area contributed by atoms with E-state index < -0.39 is 0 Å². The van der Waals surface area contributed by atoms with Gasteiger partial charge in [-0.25, -0.2) is 0 Å². The molecule has 0 bridgehead atoms. The van der Waals surface area contributed by atoms with Gasteiger partial charge in [-0.1, -0.05) is 0 Å². The van der Waals surface area contributed by atoms with Crippen molar-refractivity contribution in [3.63, 3.8) is 0 Å². The first kappa shape index (κ1) is 15.8. The van der Waals surface area contributed by atoms with E-state index in [4.69, 9.17) is 0 Å². The Morgan fingerprint density at radius 2 is 1.68 bits per heavy atom. The summed E-state index contributed by atoms with van der Waals surface area (Å²) in [6.45, 7) is 2.27. The predicted molar refractivity (Wildman–Crippen MR) is 102 cm³/mol. The van der Waals surface area contributed by atoms with E-state index in [1.54, 1.807) is 0 Å². The van der Waals surface area contributed by atoms with Crippen molar-refractivity contribution in [3.05, 3.63) is 65.1 Å².